The lowest BCUT2D eigenvalue weighted by Gasteiger charge is -2.19. The van der Waals surface area contributed by atoms with Crippen LogP contribution in [0.5, 0.6) is 0 Å². The van der Waals surface area contributed by atoms with E-state index < -0.39 is 5.60 Å². The molecule has 0 heterocycles. The molecule has 0 fully saturated rings. The van der Waals surface area contributed by atoms with Crippen molar-refractivity contribution in [1.29, 1.82) is 0 Å². The lowest BCUT2D eigenvalue weighted by molar-refractivity contribution is -0.149. The Balaban J connectivity index is -0.000000567. The fourth-order valence-corrected chi connectivity index (χ4v) is 3.46. The molecule has 0 bridgehead atoms. The highest BCUT2D eigenvalue weighted by molar-refractivity contribution is 5.87. The molecule has 246 valence electrons. The van der Waals surface area contributed by atoms with E-state index in [1.807, 2.05) is 20.8 Å². The van der Waals surface area contributed by atoms with Crippen LogP contribution in [0.4, 0.5) is 0 Å². The van der Waals surface area contributed by atoms with E-state index >= 15 is 0 Å². The minimum absolute atomic E-state index is 0.258. The van der Waals surface area contributed by atoms with Gasteiger partial charge >= 0.3 is 17.9 Å². The van der Waals surface area contributed by atoms with Crippen molar-refractivity contribution >= 4 is 17.9 Å². The van der Waals surface area contributed by atoms with Crippen molar-refractivity contribution in [1.82, 2.24) is 0 Å². The Morgan fingerprint density at radius 3 is 1.36 bits per heavy atom. The number of hydrogen-bond donors (Lipinski definition) is 0. The zero-order chi connectivity index (χ0) is 33.0. The highest BCUT2D eigenvalue weighted by atomic mass is 16.6. The summed E-state index contributed by atoms with van der Waals surface area (Å²) in [6, 6.07) is 0. The molecule has 1 atom stereocenters. The van der Waals surface area contributed by atoms with Crippen LogP contribution in [-0.2, 0) is 28.6 Å². The lowest BCUT2D eigenvalue weighted by Crippen LogP contribution is -2.23. The smallest absolute Gasteiger partial charge is 0.333 e. The van der Waals surface area contributed by atoms with Crippen molar-refractivity contribution in [2.75, 3.05) is 13.2 Å². The molecule has 6 heteroatoms. The highest BCUT2D eigenvalue weighted by Gasteiger charge is 2.16. The van der Waals surface area contributed by atoms with Crippen LogP contribution in [0.15, 0.2) is 36.5 Å². The Morgan fingerprint density at radius 2 is 1.00 bits per heavy atom. The average Bonchev–Trinajstić information content (AvgIpc) is 2.91. The molecule has 0 aliphatic carbocycles. The van der Waals surface area contributed by atoms with Gasteiger partial charge < -0.3 is 14.2 Å². The summed E-state index contributed by atoms with van der Waals surface area (Å²) >= 11 is 0. The molecule has 0 amide bonds. The first-order chi connectivity index (χ1) is 19.6. The molecule has 0 spiro atoms. The van der Waals surface area contributed by atoms with Crippen LogP contribution < -0.4 is 0 Å². The summed E-state index contributed by atoms with van der Waals surface area (Å²) in [5.74, 6) is -0.336. The molecule has 0 rings (SSSR count). The van der Waals surface area contributed by atoms with E-state index in [1.165, 1.54) is 70.6 Å². The van der Waals surface area contributed by atoms with E-state index in [-0.39, 0.29) is 17.9 Å². The van der Waals surface area contributed by atoms with Crippen molar-refractivity contribution in [3.8, 4) is 0 Å². The average molecular weight is 595 g/mol. The topological polar surface area (TPSA) is 78.9 Å². The normalized spacial score (nSPS) is 11.1. The van der Waals surface area contributed by atoms with Crippen LogP contribution in [0.3, 0.4) is 0 Å². The standard InChI is InChI=1S/C16H30O2.C12H22O2.C8H14O2/c1-4-5-6-7-8-9-10-11-12-13-14-18-16(17)15(2)3;1-5-7-8-11(6-2)9-14-12(13)10(3)4;1-6(2)7(9)10-8(3,4)5/h2,4-14H2,1,3H3;11H,3,5-9H2,1-2,4H3;1H2,2-5H3. The van der Waals surface area contributed by atoms with Crippen molar-refractivity contribution < 1.29 is 28.6 Å². The molecule has 0 saturated carbocycles. The summed E-state index contributed by atoms with van der Waals surface area (Å²) in [7, 11) is 0. The van der Waals surface area contributed by atoms with Crippen molar-refractivity contribution in [3.63, 3.8) is 0 Å². The molecule has 42 heavy (non-hydrogen) atoms. The number of carbonyl (C=O) groups excluding carboxylic acids is 3. The third kappa shape index (κ3) is 33.8. The van der Waals surface area contributed by atoms with Crippen molar-refractivity contribution in [3.05, 3.63) is 36.5 Å². The third-order valence-electron chi connectivity index (χ3n) is 6.17. The predicted molar refractivity (Wildman–Crippen MR) is 177 cm³/mol. The highest BCUT2D eigenvalue weighted by Crippen LogP contribution is 2.14. The van der Waals surface area contributed by atoms with Gasteiger partial charge in [0.15, 0.2) is 0 Å². The van der Waals surface area contributed by atoms with Gasteiger partial charge in [0.1, 0.15) is 5.60 Å². The first kappa shape index (κ1) is 44.1. The molecule has 0 radical (unpaired) electrons. The second-order valence-corrected chi connectivity index (χ2v) is 12.2. The fourth-order valence-electron chi connectivity index (χ4n) is 3.46. The van der Waals surface area contributed by atoms with Crippen LogP contribution in [0.2, 0.25) is 0 Å². The van der Waals surface area contributed by atoms with Gasteiger partial charge in [0.2, 0.25) is 0 Å². The van der Waals surface area contributed by atoms with E-state index in [2.05, 4.69) is 40.5 Å². The number of rotatable bonds is 20. The largest absolute Gasteiger partial charge is 0.462 e. The van der Waals surface area contributed by atoms with Gasteiger partial charge in [-0.05, 0) is 60.3 Å². The van der Waals surface area contributed by atoms with Crippen LogP contribution in [0.1, 0.15) is 152 Å². The second kappa shape index (κ2) is 28.7. The van der Waals surface area contributed by atoms with Gasteiger partial charge in [-0.2, -0.15) is 0 Å². The third-order valence-corrected chi connectivity index (χ3v) is 6.17. The molecule has 1 unspecified atom stereocenters. The lowest BCUT2D eigenvalue weighted by atomic mass is 10.0. The maximum Gasteiger partial charge on any atom is 0.333 e. The number of esters is 3. The van der Waals surface area contributed by atoms with Gasteiger partial charge in [-0.1, -0.05) is 118 Å². The maximum absolute atomic E-state index is 11.1. The summed E-state index contributed by atoms with van der Waals surface area (Å²) in [6.45, 7) is 28.7. The van der Waals surface area contributed by atoms with E-state index in [9.17, 15) is 14.4 Å². The molecule has 0 aromatic rings. The molecule has 0 N–H and O–H groups in total. The number of carbonyl (C=O) groups is 3. The summed E-state index contributed by atoms with van der Waals surface area (Å²) < 4.78 is 15.1. The van der Waals surface area contributed by atoms with Gasteiger partial charge in [0.25, 0.3) is 0 Å². The van der Waals surface area contributed by atoms with Crippen LogP contribution in [0.25, 0.3) is 0 Å². The molecule has 0 saturated heterocycles. The SMILES string of the molecule is C=C(C)C(=O)OC(C)(C)C.C=C(C)C(=O)OCC(CC)CCCC.C=C(C)C(=O)OCCCCCCCCCCCC. The second-order valence-electron chi connectivity index (χ2n) is 12.2. The Morgan fingerprint density at radius 1 is 0.595 bits per heavy atom. The first-order valence-corrected chi connectivity index (χ1v) is 16.2. The Hall–Kier alpha value is -2.37. The summed E-state index contributed by atoms with van der Waals surface area (Å²) in [4.78, 5) is 33.0. The van der Waals surface area contributed by atoms with E-state index in [0.717, 1.165) is 19.3 Å². The van der Waals surface area contributed by atoms with Gasteiger partial charge in [0.05, 0.1) is 13.2 Å². The minimum Gasteiger partial charge on any atom is -0.462 e. The minimum atomic E-state index is -0.407. The van der Waals surface area contributed by atoms with Crippen LogP contribution in [-0.4, -0.2) is 36.7 Å². The molecule has 6 nitrogen and oxygen atoms in total. The Kier molecular flexibility index (Phi) is 30.2. The molecule has 0 aromatic carbocycles. The zero-order valence-corrected chi connectivity index (χ0v) is 29.0. The molecular weight excluding hydrogens is 528 g/mol. The Bertz CT molecular complexity index is 759. The van der Waals surface area contributed by atoms with Crippen molar-refractivity contribution in [2.24, 2.45) is 5.92 Å². The van der Waals surface area contributed by atoms with Gasteiger partial charge in [-0.25, -0.2) is 14.4 Å². The van der Waals surface area contributed by atoms with Crippen LogP contribution >= 0.6 is 0 Å². The van der Waals surface area contributed by atoms with Gasteiger partial charge in [0, 0.05) is 16.7 Å². The molecule has 0 aliphatic heterocycles. The van der Waals surface area contributed by atoms with Crippen LogP contribution in [0, 0.1) is 5.92 Å². The molecule has 0 aliphatic rings. The molecule has 0 aromatic heterocycles. The van der Waals surface area contributed by atoms with Crippen molar-refractivity contribution in [2.45, 2.75) is 158 Å². The first-order valence-electron chi connectivity index (χ1n) is 16.2. The van der Waals surface area contributed by atoms with Gasteiger partial charge in [-0.3, -0.25) is 0 Å². The molecular formula is C36H66O6. The monoisotopic (exact) mass is 594 g/mol. The quantitative estimate of drug-likeness (QED) is 0.0604. The van der Waals surface area contributed by atoms with E-state index in [0.29, 0.717) is 35.9 Å². The summed E-state index contributed by atoms with van der Waals surface area (Å²) in [6.07, 6.45) is 17.6. The Labute approximate surface area is 259 Å². The zero-order valence-electron chi connectivity index (χ0n) is 29.0. The summed E-state index contributed by atoms with van der Waals surface area (Å²) in [5.41, 5.74) is 1.00. The predicted octanol–water partition coefficient (Wildman–Crippen LogP) is 10.3. The van der Waals surface area contributed by atoms with Gasteiger partial charge in [-0.15, -0.1) is 0 Å². The van der Waals surface area contributed by atoms with E-state index in [1.54, 1.807) is 20.8 Å². The fraction of sp³-hybridized carbons (Fsp3) is 0.750. The number of unbranched alkanes of at least 4 members (excludes halogenated alkanes) is 10. The maximum atomic E-state index is 11.1. The van der Waals surface area contributed by atoms with E-state index in [4.69, 9.17) is 14.2 Å². The number of hydrogen-bond acceptors (Lipinski definition) is 6. The summed E-state index contributed by atoms with van der Waals surface area (Å²) in [5, 5.41) is 0. The number of ether oxygens (including phenoxy) is 3.